The first-order chi connectivity index (χ1) is 12.7. The highest BCUT2D eigenvalue weighted by molar-refractivity contribution is 14.0. The third-order valence-electron chi connectivity index (χ3n) is 4.66. The number of piperazine rings is 1. The van der Waals surface area contributed by atoms with Gasteiger partial charge in [-0.3, -0.25) is 0 Å². The SMILES string of the molecule is C=CCNC(=NCc1nnc(C)n1C)N1CCN(c2ccccc2)CC1.I. The Hall–Kier alpha value is -2.10. The highest BCUT2D eigenvalue weighted by Crippen LogP contribution is 2.15. The molecule has 7 nitrogen and oxygen atoms in total. The van der Waals surface area contributed by atoms with Crippen molar-refractivity contribution in [3.8, 4) is 0 Å². The Morgan fingerprint density at radius 3 is 2.48 bits per heavy atom. The lowest BCUT2D eigenvalue weighted by atomic mass is 10.2. The molecule has 1 N–H and O–H groups in total. The van der Waals surface area contributed by atoms with E-state index in [4.69, 9.17) is 4.99 Å². The van der Waals surface area contributed by atoms with Gasteiger partial charge in [0, 0.05) is 45.5 Å². The maximum absolute atomic E-state index is 4.77. The Morgan fingerprint density at radius 2 is 1.89 bits per heavy atom. The summed E-state index contributed by atoms with van der Waals surface area (Å²) >= 11 is 0. The largest absolute Gasteiger partial charge is 0.368 e. The minimum atomic E-state index is 0. The van der Waals surface area contributed by atoms with Gasteiger partial charge >= 0.3 is 0 Å². The number of aryl methyl sites for hydroxylation is 1. The van der Waals surface area contributed by atoms with E-state index in [0.717, 1.165) is 43.8 Å². The standard InChI is InChI=1S/C19H27N7.HI/c1-4-10-20-19(21-15-18-23-22-16(2)24(18)3)26-13-11-25(12-14-26)17-8-6-5-7-9-17;/h4-9H,1,10-15H2,2-3H3,(H,20,21);1H. The van der Waals surface area contributed by atoms with E-state index >= 15 is 0 Å². The van der Waals surface area contributed by atoms with E-state index in [0.29, 0.717) is 13.1 Å². The van der Waals surface area contributed by atoms with Gasteiger partial charge in [-0.1, -0.05) is 24.3 Å². The summed E-state index contributed by atoms with van der Waals surface area (Å²) in [7, 11) is 1.97. The van der Waals surface area contributed by atoms with Crippen LogP contribution in [0.4, 0.5) is 5.69 Å². The number of para-hydroxylation sites is 1. The Morgan fingerprint density at radius 1 is 1.19 bits per heavy atom. The first kappa shape index (κ1) is 21.2. The van der Waals surface area contributed by atoms with Crippen LogP contribution in [-0.2, 0) is 13.6 Å². The lowest BCUT2D eigenvalue weighted by Crippen LogP contribution is -2.52. The van der Waals surface area contributed by atoms with Gasteiger partial charge in [-0.15, -0.1) is 40.8 Å². The Bertz CT molecular complexity index is 749. The molecule has 146 valence electrons. The molecule has 0 amide bonds. The monoisotopic (exact) mass is 481 g/mol. The lowest BCUT2D eigenvalue weighted by Gasteiger charge is -2.37. The molecule has 1 saturated heterocycles. The average molecular weight is 481 g/mol. The van der Waals surface area contributed by atoms with Crippen molar-refractivity contribution in [1.82, 2.24) is 25.0 Å². The number of aromatic nitrogens is 3. The number of aliphatic imine (C=N–C) groups is 1. The van der Waals surface area contributed by atoms with Crippen molar-refractivity contribution in [3.63, 3.8) is 0 Å². The van der Waals surface area contributed by atoms with Crippen LogP contribution in [0.5, 0.6) is 0 Å². The van der Waals surface area contributed by atoms with Gasteiger partial charge in [-0.2, -0.15) is 0 Å². The zero-order chi connectivity index (χ0) is 18.4. The van der Waals surface area contributed by atoms with Gasteiger partial charge in [0.05, 0.1) is 0 Å². The van der Waals surface area contributed by atoms with Gasteiger partial charge in [0.1, 0.15) is 12.4 Å². The van der Waals surface area contributed by atoms with Crippen LogP contribution in [-0.4, -0.2) is 58.3 Å². The Balaban J connectivity index is 0.00000261. The van der Waals surface area contributed by atoms with Crippen molar-refractivity contribution in [3.05, 3.63) is 54.6 Å². The molecule has 1 aliphatic rings. The summed E-state index contributed by atoms with van der Waals surface area (Å²) in [5.74, 6) is 2.66. The molecule has 1 aliphatic heterocycles. The number of hydrogen-bond donors (Lipinski definition) is 1. The van der Waals surface area contributed by atoms with E-state index in [1.54, 1.807) is 0 Å². The maximum atomic E-state index is 4.77. The van der Waals surface area contributed by atoms with Crippen LogP contribution in [0.3, 0.4) is 0 Å². The molecule has 0 spiro atoms. The zero-order valence-corrected chi connectivity index (χ0v) is 18.3. The second-order valence-corrected chi connectivity index (χ2v) is 6.34. The first-order valence-corrected chi connectivity index (χ1v) is 8.98. The number of nitrogens with zero attached hydrogens (tertiary/aromatic N) is 6. The van der Waals surface area contributed by atoms with Crippen molar-refractivity contribution >= 4 is 35.6 Å². The topological polar surface area (TPSA) is 61.6 Å². The van der Waals surface area contributed by atoms with Crippen LogP contribution in [0.1, 0.15) is 11.6 Å². The fourth-order valence-corrected chi connectivity index (χ4v) is 2.98. The maximum Gasteiger partial charge on any atom is 0.194 e. The number of nitrogens with one attached hydrogen (secondary N) is 1. The summed E-state index contributed by atoms with van der Waals surface area (Å²) in [6.45, 7) is 10.7. The van der Waals surface area contributed by atoms with Crippen molar-refractivity contribution in [2.45, 2.75) is 13.5 Å². The van der Waals surface area contributed by atoms with Gasteiger partial charge in [0.15, 0.2) is 11.8 Å². The number of benzene rings is 1. The molecule has 1 fully saturated rings. The first-order valence-electron chi connectivity index (χ1n) is 8.98. The summed E-state index contributed by atoms with van der Waals surface area (Å²) in [6, 6.07) is 10.6. The highest BCUT2D eigenvalue weighted by Gasteiger charge is 2.20. The molecule has 0 aliphatic carbocycles. The second-order valence-electron chi connectivity index (χ2n) is 6.34. The number of guanidine groups is 1. The van der Waals surface area contributed by atoms with Gasteiger partial charge < -0.3 is 19.7 Å². The molecule has 0 atom stereocenters. The van der Waals surface area contributed by atoms with Crippen LogP contribution in [0.15, 0.2) is 48.0 Å². The minimum absolute atomic E-state index is 0. The lowest BCUT2D eigenvalue weighted by molar-refractivity contribution is 0.373. The summed E-state index contributed by atoms with van der Waals surface area (Å²) in [4.78, 5) is 9.48. The summed E-state index contributed by atoms with van der Waals surface area (Å²) in [5.41, 5.74) is 1.28. The minimum Gasteiger partial charge on any atom is -0.368 e. The second kappa shape index (κ2) is 10.3. The molecule has 1 aromatic heterocycles. The Labute approximate surface area is 178 Å². The summed E-state index contributed by atoms with van der Waals surface area (Å²) in [6.07, 6.45) is 1.85. The molecule has 3 rings (SSSR count). The van der Waals surface area contributed by atoms with Crippen molar-refractivity contribution in [2.75, 3.05) is 37.6 Å². The van der Waals surface area contributed by atoms with E-state index in [-0.39, 0.29) is 24.0 Å². The summed E-state index contributed by atoms with van der Waals surface area (Å²) < 4.78 is 1.97. The van der Waals surface area contributed by atoms with Crippen molar-refractivity contribution < 1.29 is 0 Å². The fraction of sp³-hybridized carbons (Fsp3) is 0.421. The third-order valence-corrected chi connectivity index (χ3v) is 4.66. The molecule has 8 heteroatoms. The molecule has 0 radical (unpaired) electrons. The van der Waals surface area contributed by atoms with E-state index in [1.165, 1.54) is 5.69 Å². The van der Waals surface area contributed by atoms with E-state index in [2.05, 4.69) is 62.2 Å². The zero-order valence-electron chi connectivity index (χ0n) is 16.0. The number of hydrogen-bond acceptors (Lipinski definition) is 4. The van der Waals surface area contributed by atoms with E-state index < -0.39 is 0 Å². The Kier molecular flexibility index (Phi) is 8.08. The van der Waals surface area contributed by atoms with Crippen LogP contribution < -0.4 is 10.2 Å². The van der Waals surface area contributed by atoms with Crippen molar-refractivity contribution in [2.24, 2.45) is 12.0 Å². The smallest absolute Gasteiger partial charge is 0.194 e. The summed E-state index contributed by atoms with van der Waals surface area (Å²) in [5, 5.41) is 11.7. The average Bonchev–Trinajstić information content (AvgIpc) is 3.01. The molecule has 0 bridgehead atoms. The third kappa shape index (κ3) is 5.44. The van der Waals surface area contributed by atoms with Gasteiger partial charge in [0.25, 0.3) is 0 Å². The molecule has 2 heterocycles. The van der Waals surface area contributed by atoms with Gasteiger partial charge in [0.2, 0.25) is 0 Å². The fourth-order valence-electron chi connectivity index (χ4n) is 2.98. The number of rotatable bonds is 5. The van der Waals surface area contributed by atoms with Crippen LogP contribution >= 0.6 is 24.0 Å². The van der Waals surface area contributed by atoms with Crippen LogP contribution in [0.2, 0.25) is 0 Å². The molecule has 1 aromatic carbocycles. The van der Waals surface area contributed by atoms with Crippen LogP contribution in [0, 0.1) is 6.92 Å². The van der Waals surface area contributed by atoms with Gasteiger partial charge in [-0.25, -0.2) is 4.99 Å². The predicted octanol–water partition coefficient (Wildman–Crippen LogP) is 2.20. The molecule has 0 saturated carbocycles. The predicted molar refractivity (Wildman–Crippen MR) is 121 cm³/mol. The number of halogens is 1. The van der Waals surface area contributed by atoms with Gasteiger partial charge in [-0.05, 0) is 19.1 Å². The van der Waals surface area contributed by atoms with E-state index in [9.17, 15) is 0 Å². The van der Waals surface area contributed by atoms with Crippen LogP contribution in [0.25, 0.3) is 0 Å². The van der Waals surface area contributed by atoms with Crippen molar-refractivity contribution in [1.29, 1.82) is 0 Å². The van der Waals surface area contributed by atoms with E-state index in [1.807, 2.05) is 24.6 Å². The molecular formula is C19H28IN7. The molecule has 2 aromatic rings. The quantitative estimate of drug-likeness (QED) is 0.307. The highest BCUT2D eigenvalue weighted by atomic mass is 127. The normalized spacial score (nSPS) is 14.7. The molecule has 27 heavy (non-hydrogen) atoms. The molecule has 0 unspecified atom stereocenters. The number of anilines is 1. The molecular weight excluding hydrogens is 453 g/mol.